The van der Waals surface area contributed by atoms with E-state index in [1.807, 2.05) is 18.2 Å². The van der Waals surface area contributed by atoms with Gasteiger partial charge in [0, 0.05) is 13.1 Å². The van der Waals surface area contributed by atoms with Crippen LogP contribution in [0.2, 0.25) is 0 Å². The van der Waals surface area contributed by atoms with E-state index >= 15 is 0 Å². The number of nitrogens with one attached hydrogen (secondary N) is 1. The fourth-order valence-electron chi connectivity index (χ4n) is 2.99. The lowest BCUT2D eigenvalue weighted by Gasteiger charge is -2.28. The molecular weight excluding hydrogens is 308 g/mol. The number of nitrogens with zero attached hydrogens (tertiary/aromatic N) is 3. The van der Waals surface area contributed by atoms with Crippen LogP contribution in [-0.4, -0.2) is 32.6 Å². The molecule has 0 saturated carbocycles. The Balaban J connectivity index is 1.44. The molecule has 4 rings (SSSR count). The quantitative estimate of drug-likeness (QED) is 0.805. The number of aromatic nitrogens is 2. The van der Waals surface area contributed by atoms with Crippen molar-refractivity contribution in [1.82, 2.24) is 13.6 Å². The van der Waals surface area contributed by atoms with Gasteiger partial charge in [0.2, 0.25) is 5.91 Å². The van der Waals surface area contributed by atoms with Gasteiger partial charge in [0.15, 0.2) is 0 Å². The highest BCUT2D eigenvalue weighted by Gasteiger charge is 2.18. The van der Waals surface area contributed by atoms with Gasteiger partial charge in [0.25, 0.3) is 0 Å². The van der Waals surface area contributed by atoms with Crippen LogP contribution in [0.1, 0.15) is 11.1 Å². The molecule has 0 fully saturated rings. The summed E-state index contributed by atoms with van der Waals surface area (Å²) in [5, 5.41) is 2.97. The summed E-state index contributed by atoms with van der Waals surface area (Å²) >= 11 is 1.16. The molecule has 1 N–H and O–H groups in total. The first-order valence-electron chi connectivity index (χ1n) is 7.60. The van der Waals surface area contributed by atoms with Gasteiger partial charge in [0.05, 0.1) is 24.0 Å². The Bertz CT molecular complexity index is 860. The zero-order valence-corrected chi connectivity index (χ0v) is 13.3. The van der Waals surface area contributed by atoms with Gasteiger partial charge in [-0.2, -0.15) is 8.75 Å². The first-order chi connectivity index (χ1) is 11.3. The van der Waals surface area contributed by atoms with Crippen LogP contribution in [0.3, 0.4) is 0 Å². The molecule has 0 radical (unpaired) electrons. The van der Waals surface area contributed by atoms with Gasteiger partial charge >= 0.3 is 0 Å². The summed E-state index contributed by atoms with van der Waals surface area (Å²) < 4.78 is 8.45. The Morgan fingerprint density at radius 2 is 2.00 bits per heavy atom. The van der Waals surface area contributed by atoms with Gasteiger partial charge in [-0.05, 0) is 29.7 Å². The summed E-state index contributed by atoms with van der Waals surface area (Å²) in [6.07, 6.45) is 0.995. The van der Waals surface area contributed by atoms with Crippen LogP contribution in [0.4, 0.5) is 5.69 Å². The summed E-state index contributed by atoms with van der Waals surface area (Å²) in [6.45, 7) is 2.13. The third kappa shape index (κ3) is 2.95. The van der Waals surface area contributed by atoms with Gasteiger partial charge in [-0.1, -0.05) is 30.3 Å². The predicted molar refractivity (Wildman–Crippen MR) is 91.5 cm³/mol. The highest BCUT2D eigenvalue weighted by atomic mass is 32.1. The zero-order valence-electron chi connectivity index (χ0n) is 12.5. The minimum atomic E-state index is -0.00937. The lowest BCUT2D eigenvalue weighted by Crippen LogP contribution is -2.37. The maximum atomic E-state index is 12.4. The van der Waals surface area contributed by atoms with Crippen LogP contribution >= 0.6 is 11.7 Å². The first-order valence-corrected chi connectivity index (χ1v) is 8.33. The SMILES string of the molecule is O=C(CN1CCc2ccccc2C1)Nc1cccc2nsnc12. The molecule has 6 heteroatoms. The molecule has 3 aromatic rings. The molecule has 0 spiro atoms. The average molecular weight is 324 g/mol. The van der Waals surface area contributed by atoms with E-state index in [2.05, 4.69) is 43.2 Å². The van der Waals surface area contributed by atoms with Crippen molar-refractivity contribution >= 4 is 34.4 Å². The van der Waals surface area contributed by atoms with Crippen LogP contribution in [0, 0.1) is 0 Å². The van der Waals surface area contributed by atoms with Crippen molar-refractivity contribution in [3.63, 3.8) is 0 Å². The second kappa shape index (κ2) is 6.06. The number of fused-ring (bicyclic) bond motifs is 2. The van der Waals surface area contributed by atoms with Crippen molar-refractivity contribution in [3.05, 3.63) is 53.6 Å². The molecule has 1 aliphatic heterocycles. The minimum absolute atomic E-state index is 0.00937. The van der Waals surface area contributed by atoms with Crippen molar-refractivity contribution in [2.75, 3.05) is 18.4 Å². The van der Waals surface area contributed by atoms with Gasteiger partial charge in [-0.15, -0.1) is 0 Å². The highest BCUT2D eigenvalue weighted by molar-refractivity contribution is 7.00. The smallest absolute Gasteiger partial charge is 0.238 e. The molecule has 23 heavy (non-hydrogen) atoms. The molecule has 0 unspecified atom stereocenters. The Kier molecular flexibility index (Phi) is 3.77. The summed E-state index contributed by atoms with van der Waals surface area (Å²) in [7, 11) is 0. The van der Waals surface area contributed by atoms with E-state index in [1.165, 1.54) is 11.1 Å². The topological polar surface area (TPSA) is 58.1 Å². The van der Waals surface area contributed by atoms with Crippen molar-refractivity contribution in [2.24, 2.45) is 0 Å². The van der Waals surface area contributed by atoms with E-state index < -0.39 is 0 Å². The molecule has 116 valence electrons. The lowest BCUT2D eigenvalue weighted by atomic mass is 10.00. The van der Waals surface area contributed by atoms with E-state index in [4.69, 9.17) is 0 Å². The third-order valence-corrected chi connectivity index (χ3v) is 4.68. The molecule has 0 aliphatic carbocycles. The van der Waals surface area contributed by atoms with Crippen LogP contribution in [-0.2, 0) is 17.8 Å². The molecule has 5 nitrogen and oxygen atoms in total. The first kappa shape index (κ1) is 14.3. The number of benzene rings is 2. The van der Waals surface area contributed by atoms with Crippen LogP contribution < -0.4 is 5.32 Å². The van der Waals surface area contributed by atoms with Crippen LogP contribution in [0.15, 0.2) is 42.5 Å². The minimum Gasteiger partial charge on any atom is -0.323 e. The average Bonchev–Trinajstić information content (AvgIpc) is 3.04. The second-order valence-corrected chi connectivity index (χ2v) is 6.24. The molecular formula is C17H16N4OS. The molecule has 1 amide bonds. The number of hydrogen-bond donors (Lipinski definition) is 1. The molecule has 0 atom stereocenters. The fraction of sp³-hybridized carbons (Fsp3) is 0.235. The van der Waals surface area contributed by atoms with Gasteiger partial charge in [0.1, 0.15) is 11.0 Å². The Morgan fingerprint density at radius 1 is 1.13 bits per heavy atom. The van der Waals surface area contributed by atoms with Crippen LogP contribution in [0.25, 0.3) is 11.0 Å². The van der Waals surface area contributed by atoms with Gasteiger partial charge in [-0.3, -0.25) is 9.69 Å². The van der Waals surface area contributed by atoms with Crippen molar-refractivity contribution in [1.29, 1.82) is 0 Å². The summed E-state index contributed by atoms with van der Waals surface area (Å²) in [6, 6.07) is 14.1. The number of anilines is 1. The Labute approximate surface area is 138 Å². The lowest BCUT2D eigenvalue weighted by molar-refractivity contribution is -0.117. The molecule has 2 heterocycles. The number of carbonyl (C=O) groups excluding carboxylic acids is 1. The summed E-state index contributed by atoms with van der Waals surface area (Å²) in [4.78, 5) is 14.5. The third-order valence-electron chi connectivity index (χ3n) is 4.14. The number of carbonyl (C=O) groups is 1. The summed E-state index contributed by atoms with van der Waals surface area (Å²) in [5.41, 5.74) is 5.02. The van der Waals surface area contributed by atoms with E-state index in [9.17, 15) is 4.79 Å². The van der Waals surface area contributed by atoms with E-state index in [1.54, 1.807) is 0 Å². The molecule has 1 aromatic heterocycles. The Morgan fingerprint density at radius 3 is 2.91 bits per heavy atom. The molecule has 2 aromatic carbocycles. The number of rotatable bonds is 3. The predicted octanol–water partition coefficient (Wildman–Crippen LogP) is 2.69. The second-order valence-electron chi connectivity index (χ2n) is 5.72. The Hall–Kier alpha value is -2.31. The van der Waals surface area contributed by atoms with Gasteiger partial charge < -0.3 is 5.32 Å². The zero-order chi connectivity index (χ0) is 15.6. The number of hydrogen-bond acceptors (Lipinski definition) is 5. The van der Waals surface area contributed by atoms with Crippen molar-refractivity contribution in [3.8, 4) is 0 Å². The van der Waals surface area contributed by atoms with Crippen LogP contribution in [0.5, 0.6) is 0 Å². The maximum absolute atomic E-state index is 12.4. The van der Waals surface area contributed by atoms with Crippen molar-refractivity contribution in [2.45, 2.75) is 13.0 Å². The van der Waals surface area contributed by atoms with E-state index in [-0.39, 0.29) is 5.91 Å². The van der Waals surface area contributed by atoms with Crippen molar-refractivity contribution < 1.29 is 4.79 Å². The largest absolute Gasteiger partial charge is 0.323 e. The highest BCUT2D eigenvalue weighted by Crippen LogP contribution is 2.22. The normalized spacial score (nSPS) is 14.6. The summed E-state index contributed by atoms with van der Waals surface area (Å²) in [5.74, 6) is -0.00937. The fourth-order valence-corrected chi connectivity index (χ4v) is 3.54. The monoisotopic (exact) mass is 324 g/mol. The van der Waals surface area contributed by atoms with E-state index in [0.29, 0.717) is 6.54 Å². The molecule has 0 bridgehead atoms. The van der Waals surface area contributed by atoms with E-state index in [0.717, 1.165) is 48.0 Å². The number of amides is 1. The molecule has 1 aliphatic rings. The maximum Gasteiger partial charge on any atom is 0.238 e. The molecule has 0 saturated heterocycles. The van der Waals surface area contributed by atoms with Gasteiger partial charge in [-0.25, -0.2) is 0 Å². The standard InChI is InChI=1S/C17H16N4OS/c22-16(18-14-6-3-7-15-17(14)20-23-19-15)11-21-9-8-12-4-1-2-5-13(12)10-21/h1-7H,8-11H2,(H,18,22).